The Balaban J connectivity index is 2.19. The second-order valence-corrected chi connectivity index (χ2v) is 4.47. The summed E-state index contributed by atoms with van der Waals surface area (Å²) in [5.41, 5.74) is 0.830. The van der Waals surface area contributed by atoms with Crippen LogP contribution in [0.1, 0.15) is 6.42 Å². The summed E-state index contributed by atoms with van der Waals surface area (Å²) < 4.78 is 0.963. The molecule has 0 aromatic heterocycles. The minimum absolute atomic E-state index is 0.00803. The van der Waals surface area contributed by atoms with Crippen molar-refractivity contribution >= 4 is 33.6 Å². The average Bonchev–Trinajstić information content (AvgIpc) is 2.61. The standard InChI is InChI=1S/C11H9BrN2O2/c12-8-1-3-10(4-2-8)14-6-9(13-7-15)5-11(14)16/h1-4,9H,5-6H2. The number of carbonyl (C=O) groups is 1. The van der Waals surface area contributed by atoms with E-state index in [0.29, 0.717) is 6.54 Å². The fraction of sp³-hybridized carbons (Fsp3) is 0.273. The SMILES string of the molecule is O=C=NC1CC(=O)N(c2ccc(Br)cc2)C1. The lowest BCUT2D eigenvalue weighted by molar-refractivity contribution is -0.117. The smallest absolute Gasteiger partial charge is 0.235 e. The monoisotopic (exact) mass is 280 g/mol. The Morgan fingerprint density at radius 1 is 1.38 bits per heavy atom. The molecule has 1 heterocycles. The quantitative estimate of drug-likeness (QED) is 0.614. The summed E-state index contributed by atoms with van der Waals surface area (Å²) in [7, 11) is 0. The van der Waals surface area contributed by atoms with Crippen LogP contribution in [-0.2, 0) is 9.59 Å². The molecule has 0 N–H and O–H groups in total. The van der Waals surface area contributed by atoms with Crippen molar-refractivity contribution in [3.8, 4) is 0 Å². The molecule has 0 bridgehead atoms. The second kappa shape index (κ2) is 4.60. The van der Waals surface area contributed by atoms with Gasteiger partial charge in [-0.25, -0.2) is 9.79 Å². The van der Waals surface area contributed by atoms with Crippen LogP contribution in [0.3, 0.4) is 0 Å². The van der Waals surface area contributed by atoms with Crippen LogP contribution in [0.2, 0.25) is 0 Å². The fourth-order valence-corrected chi connectivity index (χ4v) is 1.98. The number of anilines is 1. The molecule has 0 aliphatic carbocycles. The Labute approximate surface area is 101 Å². The first-order valence-corrected chi connectivity index (χ1v) is 5.63. The molecule has 1 amide bonds. The van der Waals surface area contributed by atoms with E-state index in [1.54, 1.807) is 4.90 Å². The molecular weight excluding hydrogens is 272 g/mol. The van der Waals surface area contributed by atoms with E-state index in [1.807, 2.05) is 24.3 Å². The third kappa shape index (κ3) is 2.21. The lowest BCUT2D eigenvalue weighted by Gasteiger charge is -2.15. The summed E-state index contributed by atoms with van der Waals surface area (Å²) in [6.45, 7) is 0.454. The first-order chi connectivity index (χ1) is 7.70. The number of rotatable bonds is 2. The van der Waals surface area contributed by atoms with Crippen LogP contribution in [0.25, 0.3) is 0 Å². The predicted molar refractivity (Wildman–Crippen MR) is 63.0 cm³/mol. The number of aliphatic imine (C=N–C) groups is 1. The summed E-state index contributed by atoms with van der Waals surface area (Å²) in [5.74, 6) is -0.00803. The zero-order valence-corrected chi connectivity index (χ0v) is 9.98. The molecule has 1 aromatic rings. The molecular formula is C11H9BrN2O2. The maximum absolute atomic E-state index is 11.7. The molecule has 0 radical (unpaired) electrons. The van der Waals surface area contributed by atoms with Gasteiger partial charge in [0.1, 0.15) is 0 Å². The highest BCUT2D eigenvalue weighted by Gasteiger charge is 2.30. The van der Waals surface area contributed by atoms with E-state index in [1.165, 1.54) is 6.08 Å². The number of isocyanates is 1. The molecule has 1 fully saturated rings. The highest BCUT2D eigenvalue weighted by Crippen LogP contribution is 2.24. The third-order valence-corrected chi connectivity index (χ3v) is 3.01. The van der Waals surface area contributed by atoms with Crippen LogP contribution in [0.5, 0.6) is 0 Å². The first-order valence-electron chi connectivity index (χ1n) is 4.83. The Bertz CT molecular complexity index is 452. The lowest BCUT2D eigenvalue weighted by Crippen LogP contribution is -2.24. The van der Waals surface area contributed by atoms with Gasteiger partial charge in [-0.3, -0.25) is 4.79 Å². The van der Waals surface area contributed by atoms with Crippen molar-refractivity contribution < 1.29 is 9.59 Å². The van der Waals surface area contributed by atoms with E-state index in [4.69, 9.17) is 0 Å². The maximum atomic E-state index is 11.7. The zero-order valence-electron chi connectivity index (χ0n) is 8.39. The van der Waals surface area contributed by atoms with Gasteiger partial charge in [-0.05, 0) is 24.3 Å². The summed E-state index contributed by atoms with van der Waals surface area (Å²) in [6.07, 6.45) is 1.78. The molecule has 5 heteroatoms. The van der Waals surface area contributed by atoms with Crippen LogP contribution in [0.4, 0.5) is 5.69 Å². The number of amides is 1. The average molecular weight is 281 g/mol. The van der Waals surface area contributed by atoms with Crippen molar-refractivity contribution in [2.24, 2.45) is 4.99 Å². The molecule has 4 nitrogen and oxygen atoms in total. The highest BCUT2D eigenvalue weighted by molar-refractivity contribution is 9.10. The highest BCUT2D eigenvalue weighted by atomic mass is 79.9. The molecule has 0 saturated carbocycles. The summed E-state index contributed by atoms with van der Waals surface area (Å²) in [5, 5.41) is 0. The van der Waals surface area contributed by atoms with Gasteiger partial charge in [0, 0.05) is 16.7 Å². The third-order valence-electron chi connectivity index (χ3n) is 2.48. The van der Waals surface area contributed by atoms with Gasteiger partial charge in [-0.1, -0.05) is 15.9 Å². The van der Waals surface area contributed by atoms with Gasteiger partial charge in [0.2, 0.25) is 12.0 Å². The van der Waals surface area contributed by atoms with Gasteiger partial charge in [0.25, 0.3) is 0 Å². The number of nitrogens with zero attached hydrogens (tertiary/aromatic N) is 2. The van der Waals surface area contributed by atoms with Crippen LogP contribution in [0, 0.1) is 0 Å². The molecule has 1 aromatic carbocycles. The topological polar surface area (TPSA) is 49.7 Å². The Morgan fingerprint density at radius 2 is 2.06 bits per heavy atom. The van der Waals surface area contributed by atoms with E-state index in [9.17, 15) is 9.59 Å². The van der Waals surface area contributed by atoms with E-state index < -0.39 is 0 Å². The van der Waals surface area contributed by atoms with Gasteiger partial charge >= 0.3 is 0 Å². The Morgan fingerprint density at radius 3 is 2.69 bits per heavy atom. The summed E-state index contributed by atoms with van der Waals surface area (Å²) in [4.78, 5) is 27.0. The molecule has 82 valence electrons. The molecule has 1 unspecified atom stereocenters. The van der Waals surface area contributed by atoms with Crippen molar-refractivity contribution in [3.05, 3.63) is 28.7 Å². The largest absolute Gasteiger partial charge is 0.310 e. The Kier molecular flexibility index (Phi) is 3.17. The van der Waals surface area contributed by atoms with Crippen molar-refractivity contribution in [1.82, 2.24) is 0 Å². The fourth-order valence-electron chi connectivity index (χ4n) is 1.72. The lowest BCUT2D eigenvalue weighted by atomic mass is 10.3. The van der Waals surface area contributed by atoms with Crippen LogP contribution in [0.15, 0.2) is 33.7 Å². The summed E-state index contributed by atoms with van der Waals surface area (Å²) in [6, 6.07) is 7.20. The maximum Gasteiger partial charge on any atom is 0.235 e. The number of carbonyl (C=O) groups excluding carboxylic acids is 2. The van der Waals surface area contributed by atoms with Gasteiger partial charge in [-0.2, -0.15) is 0 Å². The van der Waals surface area contributed by atoms with Crippen molar-refractivity contribution in [2.45, 2.75) is 12.5 Å². The minimum atomic E-state index is -0.256. The molecule has 1 saturated heterocycles. The van der Waals surface area contributed by atoms with Crippen molar-refractivity contribution in [3.63, 3.8) is 0 Å². The first kappa shape index (κ1) is 11.0. The number of halogens is 1. The van der Waals surface area contributed by atoms with Crippen LogP contribution in [-0.4, -0.2) is 24.6 Å². The zero-order chi connectivity index (χ0) is 11.5. The molecule has 0 spiro atoms. The molecule has 2 rings (SSSR count). The van der Waals surface area contributed by atoms with Gasteiger partial charge < -0.3 is 4.90 Å². The van der Waals surface area contributed by atoms with Gasteiger partial charge in [0.15, 0.2) is 0 Å². The van der Waals surface area contributed by atoms with Crippen molar-refractivity contribution in [1.29, 1.82) is 0 Å². The molecule has 1 aliphatic rings. The van der Waals surface area contributed by atoms with E-state index in [-0.39, 0.29) is 18.4 Å². The number of benzene rings is 1. The molecule has 1 atom stereocenters. The molecule has 1 aliphatic heterocycles. The van der Waals surface area contributed by atoms with Crippen LogP contribution >= 0.6 is 15.9 Å². The number of hydrogen-bond donors (Lipinski definition) is 0. The van der Waals surface area contributed by atoms with E-state index in [2.05, 4.69) is 20.9 Å². The predicted octanol–water partition coefficient (Wildman–Crippen LogP) is 1.89. The summed E-state index contributed by atoms with van der Waals surface area (Å²) >= 11 is 3.33. The van der Waals surface area contributed by atoms with E-state index in [0.717, 1.165) is 10.2 Å². The minimum Gasteiger partial charge on any atom is -0.310 e. The second-order valence-electron chi connectivity index (χ2n) is 3.56. The van der Waals surface area contributed by atoms with Crippen LogP contribution < -0.4 is 4.90 Å². The van der Waals surface area contributed by atoms with Gasteiger partial charge in [-0.15, -0.1) is 0 Å². The Hall–Kier alpha value is -1.45. The number of hydrogen-bond acceptors (Lipinski definition) is 3. The molecule has 16 heavy (non-hydrogen) atoms. The van der Waals surface area contributed by atoms with Gasteiger partial charge in [0.05, 0.1) is 12.5 Å². The van der Waals surface area contributed by atoms with E-state index >= 15 is 0 Å². The normalized spacial score (nSPS) is 19.7. The van der Waals surface area contributed by atoms with Crippen molar-refractivity contribution in [2.75, 3.05) is 11.4 Å².